The number of rotatable bonds is 8. The van der Waals surface area contributed by atoms with Gasteiger partial charge in [-0.3, -0.25) is 4.79 Å². The molecule has 2 aromatic rings. The van der Waals surface area contributed by atoms with Gasteiger partial charge >= 0.3 is 5.69 Å². The first-order valence-corrected chi connectivity index (χ1v) is 8.96. The van der Waals surface area contributed by atoms with Crippen LogP contribution in [-0.4, -0.2) is 34.4 Å². The number of methoxy groups -OCH3 is 1. The van der Waals surface area contributed by atoms with E-state index in [0.717, 1.165) is 23.4 Å². The highest BCUT2D eigenvalue weighted by Crippen LogP contribution is 2.20. The Morgan fingerprint density at radius 1 is 1.31 bits per heavy atom. The third-order valence-corrected chi connectivity index (χ3v) is 3.98. The third kappa shape index (κ3) is 5.18. The number of carbonyl (C=O) groups excluding carboxylic acids is 1. The zero-order chi connectivity index (χ0) is 19.1. The fourth-order valence-corrected chi connectivity index (χ4v) is 2.89. The second kappa shape index (κ2) is 9.17. The molecule has 26 heavy (non-hydrogen) atoms. The molecule has 1 aromatic heterocycles. The van der Waals surface area contributed by atoms with Crippen molar-refractivity contribution in [2.75, 3.05) is 13.7 Å². The van der Waals surface area contributed by atoms with Crippen molar-refractivity contribution in [1.82, 2.24) is 14.9 Å². The van der Waals surface area contributed by atoms with Gasteiger partial charge in [-0.1, -0.05) is 39.0 Å². The largest absolute Gasteiger partial charge is 0.496 e. The number of hydrogen-bond acceptors (Lipinski definition) is 4. The number of ether oxygens (including phenoxy) is 1. The lowest BCUT2D eigenvalue weighted by Gasteiger charge is -2.23. The number of amides is 1. The quantitative estimate of drug-likeness (QED) is 0.788. The molecule has 0 saturated heterocycles. The van der Waals surface area contributed by atoms with Crippen LogP contribution in [0, 0.1) is 5.92 Å². The van der Waals surface area contributed by atoms with Crippen molar-refractivity contribution < 1.29 is 9.53 Å². The molecule has 1 N–H and O–H groups in total. The summed E-state index contributed by atoms with van der Waals surface area (Å²) in [6.07, 6.45) is 1.50. The van der Waals surface area contributed by atoms with E-state index >= 15 is 0 Å². The Balaban J connectivity index is 2.30. The van der Waals surface area contributed by atoms with Gasteiger partial charge in [0.25, 0.3) is 5.91 Å². The second-order valence-electron chi connectivity index (χ2n) is 6.73. The molecule has 0 bridgehead atoms. The first-order valence-electron chi connectivity index (χ1n) is 8.96. The van der Waals surface area contributed by atoms with Crippen LogP contribution in [0.3, 0.4) is 0 Å². The van der Waals surface area contributed by atoms with Crippen LogP contribution in [0.15, 0.2) is 35.1 Å². The van der Waals surface area contributed by atoms with Gasteiger partial charge in [-0.2, -0.15) is 4.98 Å². The molecule has 0 saturated carbocycles. The van der Waals surface area contributed by atoms with Crippen LogP contribution in [0.4, 0.5) is 0 Å². The average Bonchev–Trinajstić information content (AvgIpc) is 2.60. The van der Waals surface area contributed by atoms with E-state index in [1.165, 1.54) is 0 Å². The maximum absolute atomic E-state index is 13.0. The lowest BCUT2D eigenvalue weighted by molar-refractivity contribution is 0.0735. The number of benzene rings is 1. The van der Waals surface area contributed by atoms with Crippen molar-refractivity contribution in [1.29, 1.82) is 0 Å². The predicted octanol–water partition coefficient (Wildman–Crippen LogP) is 3.03. The minimum absolute atomic E-state index is 0.188. The summed E-state index contributed by atoms with van der Waals surface area (Å²) in [6, 6.07) is 9.30. The highest BCUT2D eigenvalue weighted by molar-refractivity contribution is 5.92. The number of nitrogens with one attached hydrogen (secondary N) is 1. The standard InChI is InChI=1S/C20H27N3O3/c1-5-10-23(13-15-8-6-7-9-18(15)26-4)19(24)17-12-16(11-14(2)3)21-20(25)22-17/h6-9,12,14H,5,10-11,13H2,1-4H3,(H,21,22,25). The Hall–Kier alpha value is -2.63. The van der Waals surface area contributed by atoms with Crippen LogP contribution in [0.2, 0.25) is 0 Å². The highest BCUT2D eigenvalue weighted by Gasteiger charge is 2.19. The van der Waals surface area contributed by atoms with E-state index in [9.17, 15) is 9.59 Å². The maximum Gasteiger partial charge on any atom is 0.345 e. The fraction of sp³-hybridized carbons (Fsp3) is 0.450. The highest BCUT2D eigenvalue weighted by atomic mass is 16.5. The molecule has 0 fully saturated rings. The van der Waals surface area contributed by atoms with E-state index in [1.807, 2.05) is 31.2 Å². The van der Waals surface area contributed by atoms with Crippen molar-refractivity contribution >= 4 is 5.91 Å². The Bertz CT molecular complexity index is 799. The Labute approximate surface area is 154 Å². The zero-order valence-corrected chi connectivity index (χ0v) is 15.9. The van der Waals surface area contributed by atoms with Crippen molar-refractivity contribution in [3.05, 3.63) is 57.8 Å². The van der Waals surface area contributed by atoms with Crippen molar-refractivity contribution in [3.8, 4) is 5.75 Å². The first-order chi connectivity index (χ1) is 12.4. The molecular weight excluding hydrogens is 330 g/mol. The Morgan fingerprint density at radius 3 is 2.69 bits per heavy atom. The number of aromatic nitrogens is 2. The minimum atomic E-state index is -0.486. The van der Waals surface area contributed by atoms with E-state index in [2.05, 4.69) is 23.8 Å². The molecule has 6 heteroatoms. The van der Waals surface area contributed by atoms with Crippen molar-refractivity contribution in [2.24, 2.45) is 5.92 Å². The molecule has 0 aliphatic heterocycles. The van der Waals surface area contributed by atoms with Gasteiger partial charge in [-0.25, -0.2) is 4.79 Å². The lowest BCUT2D eigenvalue weighted by Crippen LogP contribution is -2.33. The summed E-state index contributed by atoms with van der Waals surface area (Å²) >= 11 is 0. The van der Waals surface area contributed by atoms with Crippen LogP contribution in [0.25, 0.3) is 0 Å². The van der Waals surface area contributed by atoms with Crippen LogP contribution in [-0.2, 0) is 13.0 Å². The zero-order valence-electron chi connectivity index (χ0n) is 15.9. The summed E-state index contributed by atoms with van der Waals surface area (Å²) in [5.74, 6) is 0.867. The van der Waals surface area contributed by atoms with E-state index < -0.39 is 5.69 Å². The average molecular weight is 357 g/mol. The van der Waals surface area contributed by atoms with Gasteiger partial charge in [0, 0.05) is 24.3 Å². The topological polar surface area (TPSA) is 75.3 Å². The molecule has 1 heterocycles. The maximum atomic E-state index is 13.0. The van der Waals surface area contributed by atoms with Gasteiger partial charge in [-0.05, 0) is 30.9 Å². The summed E-state index contributed by atoms with van der Waals surface area (Å²) in [4.78, 5) is 33.2. The number of carbonyl (C=O) groups is 1. The Kier molecular flexibility index (Phi) is 6.95. The van der Waals surface area contributed by atoms with Crippen LogP contribution < -0.4 is 10.4 Å². The Morgan fingerprint density at radius 2 is 2.04 bits per heavy atom. The number of H-pyrrole nitrogens is 1. The molecular formula is C20H27N3O3. The summed E-state index contributed by atoms with van der Waals surface area (Å²) in [7, 11) is 1.61. The molecule has 0 spiro atoms. The molecule has 0 aliphatic rings. The van der Waals surface area contributed by atoms with Gasteiger partial charge < -0.3 is 14.6 Å². The lowest BCUT2D eigenvalue weighted by atomic mass is 10.1. The molecule has 0 aliphatic carbocycles. The van der Waals surface area contributed by atoms with E-state index in [-0.39, 0.29) is 11.6 Å². The van der Waals surface area contributed by atoms with E-state index in [1.54, 1.807) is 18.1 Å². The fourth-order valence-electron chi connectivity index (χ4n) is 2.89. The summed E-state index contributed by atoms with van der Waals surface area (Å²) in [5.41, 5.74) is 1.36. The van der Waals surface area contributed by atoms with E-state index in [0.29, 0.717) is 25.4 Å². The molecule has 6 nitrogen and oxygen atoms in total. The molecule has 1 amide bonds. The predicted molar refractivity (Wildman–Crippen MR) is 101 cm³/mol. The summed E-state index contributed by atoms with van der Waals surface area (Å²) in [6.45, 7) is 7.12. The summed E-state index contributed by atoms with van der Waals surface area (Å²) < 4.78 is 5.38. The van der Waals surface area contributed by atoms with Crippen molar-refractivity contribution in [3.63, 3.8) is 0 Å². The normalized spacial score (nSPS) is 10.8. The monoisotopic (exact) mass is 357 g/mol. The molecule has 0 unspecified atom stereocenters. The van der Waals surface area contributed by atoms with E-state index in [4.69, 9.17) is 4.74 Å². The van der Waals surface area contributed by atoms with Gasteiger partial charge in [0.15, 0.2) is 0 Å². The van der Waals surface area contributed by atoms with Crippen LogP contribution in [0.1, 0.15) is 48.9 Å². The SMILES string of the molecule is CCCN(Cc1ccccc1OC)C(=O)c1cc(CC(C)C)[nH]c(=O)n1. The number of aromatic amines is 1. The minimum Gasteiger partial charge on any atom is -0.496 e. The molecule has 2 rings (SSSR count). The molecule has 1 aromatic carbocycles. The van der Waals surface area contributed by atoms with Gasteiger partial charge in [-0.15, -0.1) is 0 Å². The molecule has 140 valence electrons. The van der Waals surface area contributed by atoms with Gasteiger partial charge in [0.05, 0.1) is 7.11 Å². The van der Waals surface area contributed by atoms with Crippen LogP contribution in [0.5, 0.6) is 5.75 Å². The third-order valence-electron chi connectivity index (χ3n) is 3.98. The molecule has 0 atom stereocenters. The number of para-hydroxylation sites is 1. The first kappa shape index (κ1) is 19.7. The number of nitrogens with zero attached hydrogens (tertiary/aromatic N) is 2. The summed E-state index contributed by atoms with van der Waals surface area (Å²) in [5, 5.41) is 0. The van der Waals surface area contributed by atoms with Gasteiger partial charge in [0.2, 0.25) is 0 Å². The molecule has 0 radical (unpaired) electrons. The van der Waals surface area contributed by atoms with Gasteiger partial charge in [0.1, 0.15) is 11.4 Å². The van der Waals surface area contributed by atoms with Crippen LogP contribution >= 0.6 is 0 Å². The van der Waals surface area contributed by atoms with Crippen molar-refractivity contribution in [2.45, 2.75) is 40.2 Å². The second-order valence-corrected chi connectivity index (χ2v) is 6.73. The number of hydrogen-bond donors (Lipinski definition) is 1. The smallest absolute Gasteiger partial charge is 0.345 e.